The van der Waals surface area contributed by atoms with Crippen molar-refractivity contribution in [3.05, 3.63) is 39.9 Å². The van der Waals surface area contributed by atoms with E-state index in [2.05, 4.69) is 0 Å². The smallest absolute Gasteiger partial charge is 0.269 e. The maximum absolute atomic E-state index is 11.6. The molecule has 0 aromatic heterocycles. The highest BCUT2D eigenvalue weighted by Gasteiger charge is 2.27. The number of carbonyl (C=O) groups is 1. The zero-order chi connectivity index (χ0) is 13.1. The summed E-state index contributed by atoms with van der Waals surface area (Å²) in [7, 11) is 0. The van der Waals surface area contributed by atoms with Crippen molar-refractivity contribution in [2.24, 2.45) is 5.73 Å². The minimum absolute atomic E-state index is 0. The zero-order valence-corrected chi connectivity index (χ0v) is 11.1. The first-order valence-electron chi connectivity index (χ1n) is 5.85. The summed E-state index contributed by atoms with van der Waals surface area (Å²) in [6.07, 6.45) is 1.40. The van der Waals surface area contributed by atoms with Crippen LogP contribution in [0.3, 0.4) is 0 Å². The molecule has 1 fully saturated rings. The molecule has 2 N–H and O–H groups in total. The van der Waals surface area contributed by atoms with Crippen LogP contribution in [0.4, 0.5) is 5.69 Å². The second-order valence-electron chi connectivity index (χ2n) is 4.39. The third-order valence-corrected chi connectivity index (χ3v) is 3.16. The van der Waals surface area contributed by atoms with Gasteiger partial charge in [-0.3, -0.25) is 14.9 Å². The van der Waals surface area contributed by atoms with Crippen LogP contribution in [-0.2, 0) is 11.2 Å². The first-order chi connectivity index (χ1) is 8.58. The number of rotatable bonds is 4. The van der Waals surface area contributed by atoms with Crippen LogP contribution in [0, 0.1) is 10.1 Å². The molecule has 0 unspecified atom stereocenters. The van der Waals surface area contributed by atoms with Crippen molar-refractivity contribution in [1.82, 2.24) is 4.90 Å². The van der Waals surface area contributed by atoms with E-state index >= 15 is 0 Å². The van der Waals surface area contributed by atoms with Crippen LogP contribution in [0.2, 0.25) is 0 Å². The summed E-state index contributed by atoms with van der Waals surface area (Å²) in [5, 5.41) is 10.5. The minimum atomic E-state index is -0.424. The van der Waals surface area contributed by atoms with Crippen molar-refractivity contribution in [2.75, 3.05) is 13.1 Å². The topological polar surface area (TPSA) is 89.5 Å². The van der Waals surface area contributed by atoms with E-state index in [1.807, 2.05) is 0 Å². The number of non-ortho nitro benzene ring substituents is 1. The number of likely N-dealkylation sites (tertiary alicyclic amines) is 1. The van der Waals surface area contributed by atoms with Gasteiger partial charge in [0.25, 0.3) is 5.69 Å². The SMILES string of the molecule is Cl.N[C@H]1CCN(CCc2ccc([N+](=O)[O-])cc2)C1=O. The monoisotopic (exact) mass is 285 g/mol. The van der Waals surface area contributed by atoms with Crippen LogP contribution < -0.4 is 5.73 Å². The predicted octanol–water partition coefficient (Wildman–Crippen LogP) is 1.12. The molecular weight excluding hydrogens is 270 g/mol. The molecule has 1 aromatic rings. The van der Waals surface area contributed by atoms with Crippen LogP contribution in [0.15, 0.2) is 24.3 Å². The molecule has 0 saturated carbocycles. The highest BCUT2D eigenvalue weighted by molar-refractivity contribution is 5.85. The van der Waals surface area contributed by atoms with E-state index < -0.39 is 4.92 Å². The molecule has 0 aliphatic carbocycles. The molecule has 1 amide bonds. The van der Waals surface area contributed by atoms with Crippen molar-refractivity contribution < 1.29 is 9.72 Å². The first kappa shape index (κ1) is 15.4. The summed E-state index contributed by atoms with van der Waals surface area (Å²) >= 11 is 0. The van der Waals surface area contributed by atoms with Crippen molar-refractivity contribution >= 4 is 24.0 Å². The fraction of sp³-hybridized carbons (Fsp3) is 0.417. The molecule has 0 radical (unpaired) electrons. The number of nitro benzene ring substituents is 1. The average molecular weight is 286 g/mol. The largest absolute Gasteiger partial charge is 0.341 e. The van der Waals surface area contributed by atoms with Gasteiger partial charge in [-0.15, -0.1) is 12.4 Å². The molecule has 1 aliphatic heterocycles. The molecule has 1 aliphatic rings. The Bertz CT molecular complexity index is 464. The summed E-state index contributed by atoms with van der Waals surface area (Å²) in [6.45, 7) is 1.32. The van der Waals surface area contributed by atoms with Gasteiger partial charge in [-0.2, -0.15) is 0 Å². The Labute approximate surface area is 117 Å². The third-order valence-electron chi connectivity index (χ3n) is 3.16. The van der Waals surface area contributed by atoms with Crippen molar-refractivity contribution in [3.63, 3.8) is 0 Å². The second kappa shape index (κ2) is 6.49. The number of hydrogen-bond acceptors (Lipinski definition) is 4. The molecular formula is C12H16ClN3O3. The van der Waals surface area contributed by atoms with Crippen LogP contribution in [0.1, 0.15) is 12.0 Å². The molecule has 1 aromatic carbocycles. The van der Waals surface area contributed by atoms with Crippen molar-refractivity contribution in [1.29, 1.82) is 0 Å². The number of nitrogens with zero attached hydrogens (tertiary/aromatic N) is 2. The highest BCUT2D eigenvalue weighted by Crippen LogP contribution is 2.14. The molecule has 1 saturated heterocycles. The Hall–Kier alpha value is -1.66. The van der Waals surface area contributed by atoms with Crippen LogP contribution in [-0.4, -0.2) is 34.9 Å². The lowest BCUT2D eigenvalue weighted by Gasteiger charge is -2.15. The van der Waals surface area contributed by atoms with Gasteiger partial charge >= 0.3 is 0 Å². The van der Waals surface area contributed by atoms with Gasteiger partial charge in [0.15, 0.2) is 0 Å². The Balaban J connectivity index is 0.00000180. The number of carbonyl (C=O) groups excluding carboxylic acids is 1. The third kappa shape index (κ3) is 3.65. The summed E-state index contributed by atoms with van der Waals surface area (Å²) in [4.78, 5) is 23.4. The fourth-order valence-corrected chi connectivity index (χ4v) is 2.03. The van der Waals surface area contributed by atoms with Gasteiger partial charge < -0.3 is 10.6 Å². The van der Waals surface area contributed by atoms with E-state index in [1.165, 1.54) is 12.1 Å². The number of nitrogens with two attached hydrogens (primary N) is 1. The quantitative estimate of drug-likeness (QED) is 0.663. The van der Waals surface area contributed by atoms with E-state index in [0.29, 0.717) is 25.9 Å². The Morgan fingerprint density at radius 2 is 2.00 bits per heavy atom. The highest BCUT2D eigenvalue weighted by atomic mass is 35.5. The molecule has 1 heterocycles. The van der Waals surface area contributed by atoms with Crippen LogP contribution in [0.5, 0.6) is 0 Å². The summed E-state index contributed by atoms with van der Waals surface area (Å²) in [6, 6.07) is 6.04. The van der Waals surface area contributed by atoms with Crippen molar-refractivity contribution in [3.8, 4) is 0 Å². The van der Waals surface area contributed by atoms with Gasteiger partial charge in [0, 0.05) is 25.2 Å². The van der Waals surface area contributed by atoms with E-state index in [9.17, 15) is 14.9 Å². The standard InChI is InChI=1S/C12H15N3O3.ClH/c13-11-6-8-14(12(11)16)7-5-9-1-3-10(4-2-9)15(17)18;/h1-4,11H,5-8,13H2;1H/t11-;/m0./s1. The molecule has 1 atom stereocenters. The Kier molecular flexibility index (Phi) is 5.26. The van der Waals surface area contributed by atoms with E-state index in [4.69, 9.17) is 5.73 Å². The summed E-state index contributed by atoms with van der Waals surface area (Å²) in [5.41, 5.74) is 6.69. The summed E-state index contributed by atoms with van der Waals surface area (Å²) in [5.74, 6) is -0.00286. The Morgan fingerprint density at radius 3 is 2.47 bits per heavy atom. The molecule has 2 rings (SSSR count). The number of halogens is 1. The molecule has 19 heavy (non-hydrogen) atoms. The predicted molar refractivity (Wildman–Crippen MR) is 73.2 cm³/mol. The van der Waals surface area contributed by atoms with Crippen LogP contribution >= 0.6 is 12.4 Å². The molecule has 0 bridgehead atoms. The molecule has 6 nitrogen and oxygen atoms in total. The number of hydrogen-bond donors (Lipinski definition) is 1. The van der Waals surface area contributed by atoms with E-state index in [1.54, 1.807) is 17.0 Å². The van der Waals surface area contributed by atoms with E-state index in [0.717, 1.165) is 5.56 Å². The average Bonchev–Trinajstić information content (AvgIpc) is 2.68. The number of nitro groups is 1. The summed E-state index contributed by atoms with van der Waals surface area (Å²) < 4.78 is 0. The van der Waals surface area contributed by atoms with Gasteiger partial charge in [0.05, 0.1) is 11.0 Å². The zero-order valence-electron chi connectivity index (χ0n) is 10.3. The second-order valence-corrected chi connectivity index (χ2v) is 4.39. The first-order valence-corrected chi connectivity index (χ1v) is 5.85. The minimum Gasteiger partial charge on any atom is -0.341 e. The molecule has 7 heteroatoms. The normalized spacial score (nSPS) is 18.3. The van der Waals surface area contributed by atoms with Gasteiger partial charge in [-0.1, -0.05) is 12.1 Å². The lowest BCUT2D eigenvalue weighted by atomic mass is 10.1. The molecule has 104 valence electrons. The molecule has 0 spiro atoms. The van der Waals surface area contributed by atoms with Gasteiger partial charge in [0.2, 0.25) is 5.91 Å². The van der Waals surface area contributed by atoms with Gasteiger partial charge in [-0.05, 0) is 18.4 Å². The maximum atomic E-state index is 11.6. The van der Waals surface area contributed by atoms with Crippen LogP contribution in [0.25, 0.3) is 0 Å². The number of benzene rings is 1. The van der Waals surface area contributed by atoms with Crippen molar-refractivity contribution in [2.45, 2.75) is 18.9 Å². The number of amides is 1. The van der Waals surface area contributed by atoms with E-state index in [-0.39, 0.29) is 30.0 Å². The fourth-order valence-electron chi connectivity index (χ4n) is 2.03. The van der Waals surface area contributed by atoms with Gasteiger partial charge in [-0.25, -0.2) is 0 Å². The lowest BCUT2D eigenvalue weighted by molar-refractivity contribution is -0.384. The maximum Gasteiger partial charge on any atom is 0.269 e. The van der Waals surface area contributed by atoms with Gasteiger partial charge in [0.1, 0.15) is 0 Å². The Morgan fingerprint density at radius 1 is 1.37 bits per heavy atom. The lowest BCUT2D eigenvalue weighted by Crippen LogP contribution is -2.35.